The average molecular weight is 316 g/mol. The minimum atomic E-state index is -1.03. The molecule has 0 aliphatic carbocycles. The molecule has 0 bridgehead atoms. The van der Waals surface area contributed by atoms with Crippen molar-refractivity contribution in [1.29, 1.82) is 0 Å². The number of pyridine rings is 1. The summed E-state index contributed by atoms with van der Waals surface area (Å²) >= 11 is 5.73. The monoisotopic (exact) mass is 315 g/mol. The third-order valence-electron chi connectivity index (χ3n) is 2.88. The number of nitrogens with one attached hydrogen (secondary N) is 1. The Morgan fingerprint density at radius 3 is 2.62 bits per heavy atom. The maximum Gasteiger partial charge on any atom is 0.308 e. The van der Waals surface area contributed by atoms with Gasteiger partial charge in [0.25, 0.3) is 11.6 Å². The highest BCUT2D eigenvalue weighted by molar-refractivity contribution is 6.32. The second-order valence-electron chi connectivity index (χ2n) is 4.69. The van der Waals surface area contributed by atoms with Crippen LogP contribution < -0.4 is 5.32 Å². The first kappa shape index (κ1) is 16.8. The maximum absolute atomic E-state index is 11.9. The number of carbonyl (C=O) groups is 2. The molecule has 1 rings (SSSR count). The van der Waals surface area contributed by atoms with Crippen LogP contribution in [0.2, 0.25) is 5.15 Å². The molecule has 8 nitrogen and oxygen atoms in total. The van der Waals surface area contributed by atoms with Crippen LogP contribution in [0.4, 0.5) is 5.69 Å². The first-order chi connectivity index (χ1) is 9.73. The molecule has 0 aliphatic heterocycles. The van der Waals surface area contributed by atoms with Crippen LogP contribution >= 0.6 is 11.6 Å². The lowest BCUT2D eigenvalue weighted by Gasteiger charge is -2.16. The number of aromatic nitrogens is 1. The van der Waals surface area contributed by atoms with Crippen molar-refractivity contribution in [1.82, 2.24) is 10.3 Å². The summed E-state index contributed by atoms with van der Waals surface area (Å²) in [6.07, 6.45) is 0.938. The molecule has 21 heavy (non-hydrogen) atoms. The van der Waals surface area contributed by atoms with Gasteiger partial charge in [0.15, 0.2) is 0 Å². The lowest BCUT2D eigenvalue weighted by atomic mass is 9.96. The number of amides is 1. The van der Waals surface area contributed by atoms with Gasteiger partial charge in [-0.05, 0) is 5.92 Å². The number of halogens is 1. The largest absolute Gasteiger partial charge is 0.481 e. The molecule has 1 unspecified atom stereocenters. The van der Waals surface area contributed by atoms with Crippen molar-refractivity contribution in [2.24, 2.45) is 11.8 Å². The second kappa shape index (κ2) is 6.98. The zero-order valence-corrected chi connectivity index (χ0v) is 12.1. The number of hydrogen-bond acceptors (Lipinski definition) is 5. The van der Waals surface area contributed by atoms with E-state index in [1.54, 1.807) is 13.8 Å². The molecule has 1 aromatic rings. The zero-order chi connectivity index (χ0) is 16.2. The fourth-order valence-electron chi connectivity index (χ4n) is 1.60. The third-order valence-corrected chi connectivity index (χ3v) is 3.19. The molecular weight excluding hydrogens is 302 g/mol. The van der Waals surface area contributed by atoms with Gasteiger partial charge in [-0.2, -0.15) is 0 Å². The van der Waals surface area contributed by atoms with Crippen molar-refractivity contribution in [2.45, 2.75) is 13.8 Å². The molecule has 0 saturated heterocycles. The number of nitrogens with zero attached hydrogens (tertiary/aromatic N) is 2. The number of carboxylic acids is 1. The number of carboxylic acid groups (broad SMARTS) is 1. The Balaban J connectivity index is 2.87. The normalized spacial score (nSPS) is 12.0. The van der Waals surface area contributed by atoms with Crippen LogP contribution in [0.1, 0.15) is 24.2 Å². The summed E-state index contributed by atoms with van der Waals surface area (Å²) in [6.45, 7) is 3.32. The van der Waals surface area contributed by atoms with E-state index in [1.165, 1.54) is 0 Å². The number of aliphatic carboxylic acids is 1. The fourth-order valence-corrected chi connectivity index (χ4v) is 1.79. The zero-order valence-electron chi connectivity index (χ0n) is 11.4. The van der Waals surface area contributed by atoms with Crippen LogP contribution in [0.15, 0.2) is 12.3 Å². The summed E-state index contributed by atoms with van der Waals surface area (Å²) in [4.78, 5) is 36.5. The van der Waals surface area contributed by atoms with Crippen LogP contribution in [-0.2, 0) is 4.79 Å². The van der Waals surface area contributed by atoms with E-state index in [9.17, 15) is 19.7 Å². The summed E-state index contributed by atoms with van der Waals surface area (Å²) in [6, 6.07) is 0.996. The van der Waals surface area contributed by atoms with Crippen molar-refractivity contribution in [3.8, 4) is 0 Å². The maximum atomic E-state index is 11.9. The van der Waals surface area contributed by atoms with E-state index >= 15 is 0 Å². The Morgan fingerprint density at radius 1 is 1.52 bits per heavy atom. The Hall–Kier alpha value is -2.22. The van der Waals surface area contributed by atoms with Gasteiger partial charge in [-0.1, -0.05) is 25.4 Å². The smallest absolute Gasteiger partial charge is 0.308 e. The second-order valence-corrected chi connectivity index (χ2v) is 5.05. The molecule has 1 atom stereocenters. The first-order valence-electron chi connectivity index (χ1n) is 6.05. The van der Waals surface area contributed by atoms with E-state index in [2.05, 4.69) is 10.3 Å². The highest BCUT2D eigenvalue weighted by Gasteiger charge is 2.23. The quantitative estimate of drug-likeness (QED) is 0.468. The summed E-state index contributed by atoms with van der Waals surface area (Å²) < 4.78 is 0. The van der Waals surface area contributed by atoms with Crippen molar-refractivity contribution in [3.05, 3.63) is 33.1 Å². The number of hydrogen-bond donors (Lipinski definition) is 2. The van der Waals surface area contributed by atoms with Crippen molar-refractivity contribution >= 4 is 29.2 Å². The van der Waals surface area contributed by atoms with Gasteiger partial charge in [-0.3, -0.25) is 19.7 Å². The van der Waals surface area contributed by atoms with Gasteiger partial charge < -0.3 is 10.4 Å². The first-order valence-corrected chi connectivity index (χ1v) is 6.42. The summed E-state index contributed by atoms with van der Waals surface area (Å²) in [5.41, 5.74) is -0.540. The third kappa shape index (κ3) is 4.38. The van der Waals surface area contributed by atoms with Gasteiger partial charge in [0.05, 0.1) is 16.4 Å². The Kier molecular flexibility index (Phi) is 5.60. The lowest BCUT2D eigenvalue weighted by Crippen LogP contribution is -2.35. The Labute approximate surface area is 125 Å². The minimum Gasteiger partial charge on any atom is -0.481 e. The van der Waals surface area contributed by atoms with E-state index in [0.29, 0.717) is 0 Å². The molecule has 9 heteroatoms. The number of rotatable bonds is 6. The van der Waals surface area contributed by atoms with Crippen molar-refractivity contribution in [2.75, 3.05) is 6.54 Å². The molecule has 0 fully saturated rings. The molecular formula is C12H14ClN3O5. The summed E-state index contributed by atoms with van der Waals surface area (Å²) in [7, 11) is 0. The highest BCUT2D eigenvalue weighted by atomic mass is 35.5. The predicted octanol–water partition coefficient (Wildman–Crippen LogP) is 1.73. The van der Waals surface area contributed by atoms with Gasteiger partial charge in [-0.15, -0.1) is 0 Å². The number of nitro groups is 1. The SMILES string of the molecule is CC(C)C(CNC(=O)c1cc([N+](=O)[O-])cnc1Cl)C(=O)O. The van der Waals surface area contributed by atoms with E-state index in [0.717, 1.165) is 12.3 Å². The van der Waals surface area contributed by atoms with E-state index in [-0.39, 0.29) is 28.9 Å². The molecule has 1 aromatic heterocycles. The molecule has 0 saturated carbocycles. The standard InChI is InChI=1S/C12H14ClN3O5/c1-6(2)9(12(18)19)5-15-11(17)8-3-7(16(20)21)4-14-10(8)13/h3-4,6,9H,5H2,1-2H3,(H,15,17)(H,18,19). The van der Waals surface area contributed by atoms with Crippen LogP contribution in [0, 0.1) is 22.0 Å². The van der Waals surface area contributed by atoms with E-state index in [4.69, 9.17) is 16.7 Å². The van der Waals surface area contributed by atoms with Crippen LogP contribution in [-0.4, -0.2) is 33.4 Å². The molecule has 0 spiro atoms. The molecule has 0 aromatic carbocycles. The topological polar surface area (TPSA) is 122 Å². The molecule has 114 valence electrons. The Morgan fingerprint density at radius 2 is 2.14 bits per heavy atom. The summed E-state index contributed by atoms with van der Waals surface area (Å²) in [5, 5.41) is 21.9. The van der Waals surface area contributed by atoms with Gasteiger partial charge in [0, 0.05) is 12.6 Å². The van der Waals surface area contributed by atoms with E-state index in [1.807, 2.05) is 0 Å². The molecule has 0 aliphatic rings. The van der Waals surface area contributed by atoms with Gasteiger partial charge in [-0.25, -0.2) is 4.98 Å². The van der Waals surface area contributed by atoms with Gasteiger partial charge in [0.2, 0.25) is 0 Å². The van der Waals surface area contributed by atoms with Crippen LogP contribution in [0.25, 0.3) is 0 Å². The van der Waals surface area contributed by atoms with E-state index < -0.39 is 22.7 Å². The fraction of sp³-hybridized carbons (Fsp3) is 0.417. The predicted molar refractivity (Wildman–Crippen MR) is 74.2 cm³/mol. The van der Waals surface area contributed by atoms with Gasteiger partial charge >= 0.3 is 5.97 Å². The minimum absolute atomic E-state index is 0.106. The molecule has 1 heterocycles. The Bertz CT molecular complexity index is 576. The summed E-state index contributed by atoms with van der Waals surface area (Å²) in [5.74, 6) is -2.68. The van der Waals surface area contributed by atoms with Crippen LogP contribution in [0.5, 0.6) is 0 Å². The highest BCUT2D eigenvalue weighted by Crippen LogP contribution is 2.19. The average Bonchev–Trinajstić information content (AvgIpc) is 2.37. The van der Waals surface area contributed by atoms with Gasteiger partial charge in [0.1, 0.15) is 11.3 Å². The van der Waals surface area contributed by atoms with Crippen LogP contribution in [0.3, 0.4) is 0 Å². The number of carbonyl (C=O) groups excluding carboxylic acids is 1. The molecule has 0 radical (unpaired) electrons. The molecule has 2 N–H and O–H groups in total. The van der Waals surface area contributed by atoms with Crippen molar-refractivity contribution < 1.29 is 19.6 Å². The van der Waals surface area contributed by atoms with Crippen molar-refractivity contribution in [3.63, 3.8) is 0 Å². The lowest BCUT2D eigenvalue weighted by molar-refractivity contribution is -0.385. The molecule has 1 amide bonds.